The van der Waals surface area contributed by atoms with Crippen LogP contribution in [0.4, 0.5) is 5.69 Å². The molecule has 1 amide bonds. The third-order valence-electron chi connectivity index (χ3n) is 2.56. The molecule has 0 aliphatic carbocycles. The summed E-state index contributed by atoms with van der Waals surface area (Å²) >= 11 is 6.09. The number of aryl methyl sites for hydroxylation is 2. The van der Waals surface area contributed by atoms with Gasteiger partial charge in [0.1, 0.15) is 18.2 Å². The summed E-state index contributed by atoms with van der Waals surface area (Å²) in [4.78, 5) is 22.0. The fraction of sp³-hybridized carbons (Fsp3) is 0.214. The molecule has 3 N–H and O–H groups in total. The number of hydrogen-bond acceptors (Lipinski definition) is 4. The number of halogens is 1. The predicted molar refractivity (Wildman–Crippen MR) is 78.9 cm³/mol. The summed E-state index contributed by atoms with van der Waals surface area (Å²) in [5.41, 5.74) is 2.19. The number of nitrogens with zero attached hydrogens (tertiary/aromatic N) is 1. The summed E-state index contributed by atoms with van der Waals surface area (Å²) in [5, 5.41) is 22.8. The fourth-order valence-corrected chi connectivity index (χ4v) is 2.02. The van der Waals surface area contributed by atoms with Gasteiger partial charge in [0.2, 0.25) is 0 Å². The first-order valence-electron chi connectivity index (χ1n) is 5.98. The molecule has 1 rings (SSSR count). The smallest absolute Gasteiger partial charge is 0.322 e. The number of amides is 1. The SMILES string of the molecule is Cc1cc(C)c(N/C=C(/C#N)C(=O)NCC(=O)O)c(Cl)c1. The first-order valence-corrected chi connectivity index (χ1v) is 6.36. The molecule has 0 fully saturated rings. The summed E-state index contributed by atoms with van der Waals surface area (Å²) in [7, 11) is 0. The molecule has 0 aliphatic rings. The maximum Gasteiger partial charge on any atom is 0.322 e. The van der Waals surface area contributed by atoms with Crippen LogP contribution in [0.15, 0.2) is 23.9 Å². The highest BCUT2D eigenvalue weighted by atomic mass is 35.5. The maximum atomic E-state index is 11.6. The van der Waals surface area contributed by atoms with E-state index in [1.807, 2.05) is 19.9 Å². The van der Waals surface area contributed by atoms with Crippen molar-refractivity contribution in [1.82, 2.24) is 5.32 Å². The van der Waals surface area contributed by atoms with E-state index in [1.54, 1.807) is 12.1 Å². The lowest BCUT2D eigenvalue weighted by Gasteiger charge is -2.10. The lowest BCUT2D eigenvalue weighted by Crippen LogP contribution is -2.30. The molecule has 21 heavy (non-hydrogen) atoms. The second-order valence-corrected chi connectivity index (χ2v) is 4.74. The van der Waals surface area contributed by atoms with Gasteiger partial charge in [-0.15, -0.1) is 0 Å². The quantitative estimate of drug-likeness (QED) is 0.570. The van der Waals surface area contributed by atoms with Crippen LogP contribution in [0.5, 0.6) is 0 Å². The van der Waals surface area contributed by atoms with E-state index in [0.717, 1.165) is 11.1 Å². The van der Waals surface area contributed by atoms with Gasteiger partial charge in [-0.05, 0) is 31.0 Å². The number of rotatable bonds is 5. The molecule has 0 saturated carbocycles. The fourth-order valence-electron chi connectivity index (χ4n) is 1.64. The predicted octanol–water partition coefficient (Wildman–Crippen LogP) is 1.98. The zero-order valence-corrected chi connectivity index (χ0v) is 12.3. The Morgan fingerprint density at radius 1 is 1.43 bits per heavy atom. The van der Waals surface area contributed by atoms with Gasteiger partial charge < -0.3 is 15.7 Å². The van der Waals surface area contributed by atoms with Gasteiger partial charge in [0.05, 0.1) is 10.7 Å². The number of nitriles is 1. The van der Waals surface area contributed by atoms with Crippen LogP contribution in [0.2, 0.25) is 5.02 Å². The average molecular weight is 308 g/mol. The molecule has 0 atom stereocenters. The van der Waals surface area contributed by atoms with Gasteiger partial charge in [-0.3, -0.25) is 9.59 Å². The first-order chi connectivity index (χ1) is 9.85. The van der Waals surface area contributed by atoms with Crippen LogP contribution in [0.3, 0.4) is 0 Å². The zero-order valence-electron chi connectivity index (χ0n) is 11.5. The lowest BCUT2D eigenvalue weighted by molar-refractivity contribution is -0.137. The van der Waals surface area contributed by atoms with E-state index in [2.05, 4.69) is 10.6 Å². The van der Waals surface area contributed by atoms with Crippen molar-refractivity contribution in [3.63, 3.8) is 0 Å². The third kappa shape index (κ3) is 4.82. The minimum Gasteiger partial charge on any atom is -0.480 e. The van der Waals surface area contributed by atoms with Crippen LogP contribution in [0, 0.1) is 25.2 Å². The normalized spacial score (nSPS) is 10.7. The number of aliphatic carboxylic acids is 1. The molecule has 0 heterocycles. The van der Waals surface area contributed by atoms with E-state index >= 15 is 0 Å². The summed E-state index contributed by atoms with van der Waals surface area (Å²) in [6.45, 7) is 3.19. The molecule has 0 aliphatic heterocycles. The Hall–Kier alpha value is -2.52. The first kappa shape index (κ1) is 16.5. The van der Waals surface area contributed by atoms with Crippen LogP contribution >= 0.6 is 11.6 Å². The highest BCUT2D eigenvalue weighted by Gasteiger charge is 2.11. The Kier molecular flexibility index (Phi) is 5.76. The van der Waals surface area contributed by atoms with Crippen molar-refractivity contribution in [3.8, 4) is 6.07 Å². The van der Waals surface area contributed by atoms with E-state index in [9.17, 15) is 9.59 Å². The summed E-state index contributed by atoms with van der Waals surface area (Å²) in [5.74, 6) is -1.96. The number of carboxylic acid groups (broad SMARTS) is 1. The number of benzene rings is 1. The van der Waals surface area contributed by atoms with Gasteiger partial charge in [-0.1, -0.05) is 17.7 Å². The molecular weight excluding hydrogens is 294 g/mol. The molecular formula is C14H14ClN3O3. The largest absolute Gasteiger partial charge is 0.480 e. The Labute approximate surface area is 127 Å². The van der Waals surface area contributed by atoms with Crippen molar-refractivity contribution >= 4 is 29.2 Å². The van der Waals surface area contributed by atoms with Crippen LogP contribution in [-0.4, -0.2) is 23.5 Å². The molecule has 7 heteroatoms. The minimum absolute atomic E-state index is 0.243. The molecule has 6 nitrogen and oxygen atoms in total. The Morgan fingerprint density at radius 2 is 2.10 bits per heavy atom. The Morgan fingerprint density at radius 3 is 2.62 bits per heavy atom. The monoisotopic (exact) mass is 307 g/mol. The summed E-state index contributed by atoms with van der Waals surface area (Å²) in [6.07, 6.45) is 1.20. The van der Waals surface area contributed by atoms with Crippen molar-refractivity contribution in [1.29, 1.82) is 5.26 Å². The number of hydrogen-bond donors (Lipinski definition) is 3. The second-order valence-electron chi connectivity index (χ2n) is 4.33. The van der Waals surface area contributed by atoms with Gasteiger partial charge in [-0.2, -0.15) is 5.26 Å². The standard InChI is InChI=1S/C14H14ClN3O3/c1-8-3-9(2)13(11(15)4-8)17-6-10(5-16)14(21)18-7-12(19)20/h3-4,6,17H,7H2,1-2H3,(H,18,21)(H,19,20)/b10-6-. The van der Waals surface area contributed by atoms with Gasteiger partial charge in [-0.25, -0.2) is 0 Å². The van der Waals surface area contributed by atoms with Gasteiger partial charge in [0.15, 0.2) is 0 Å². The van der Waals surface area contributed by atoms with Crippen molar-refractivity contribution in [2.24, 2.45) is 0 Å². The van der Waals surface area contributed by atoms with Crippen LogP contribution in [-0.2, 0) is 9.59 Å². The van der Waals surface area contributed by atoms with Crippen molar-refractivity contribution < 1.29 is 14.7 Å². The van der Waals surface area contributed by atoms with Crippen molar-refractivity contribution in [2.45, 2.75) is 13.8 Å². The minimum atomic E-state index is -1.19. The summed E-state index contributed by atoms with van der Waals surface area (Å²) < 4.78 is 0. The maximum absolute atomic E-state index is 11.6. The van der Waals surface area contributed by atoms with Crippen molar-refractivity contribution in [2.75, 3.05) is 11.9 Å². The molecule has 1 aromatic rings. The number of carboxylic acids is 1. The number of anilines is 1. The average Bonchev–Trinajstić information content (AvgIpc) is 2.39. The number of carbonyl (C=O) groups is 2. The molecule has 0 unspecified atom stereocenters. The highest BCUT2D eigenvalue weighted by molar-refractivity contribution is 6.33. The molecule has 0 bridgehead atoms. The third-order valence-corrected chi connectivity index (χ3v) is 2.86. The second kappa shape index (κ2) is 7.31. The van der Waals surface area contributed by atoms with E-state index in [0.29, 0.717) is 10.7 Å². The summed E-state index contributed by atoms with van der Waals surface area (Å²) in [6, 6.07) is 5.35. The molecule has 110 valence electrons. The Balaban J connectivity index is 2.89. The number of nitrogens with one attached hydrogen (secondary N) is 2. The van der Waals surface area contributed by atoms with Crippen LogP contribution in [0.1, 0.15) is 11.1 Å². The molecule has 0 spiro atoms. The van der Waals surface area contributed by atoms with Crippen LogP contribution < -0.4 is 10.6 Å². The molecule has 0 saturated heterocycles. The van der Waals surface area contributed by atoms with Gasteiger partial charge in [0, 0.05) is 6.20 Å². The highest BCUT2D eigenvalue weighted by Crippen LogP contribution is 2.27. The number of carbonyl (C=O) groups excluding carboxylic acids is 1. The molecule has 0 aromatic heterocycles. The van der Waals surface area contributed by atoms with Gasteiger partial charge in [0.25, 0.3) is 5.91 Å². The topological polar surface area (TPSA) is 102 Å². The molecule has 0 radical (unpaired) electrons. The van der Waals surface area contributed by atoms with Crippen LogP contribution in [0.25, 0.3) is 0 Å². The van der Waals surface area contributed by atoms with E-state index in [-0.39, 0.29) is 5.57 Å². The van der Waals surface area contributed by atoms with E-state index < -0.39 is 18.4 Å². The zero-order chi connectivity index (χ0) is 16.0. The molecule has 1 aromatic carbocycles. The van der Waals surface area contributed by atoms with E-state index in [1.165, 1.54) is 6.20 Å². The Bertz CT molecular complexity index is 624. The lowest BCUT2D eigenvalue weighted by atomic mass is 10.1. The van der Waals surface area contributed by atoms with E-state index in [4.69, 9.17) is 22.0 Å². The van der Waals surface area contributed by atoms with Crippen molar-refractivity contribution in [3.05, 3.63) is 40.1 Å². The van der Waals surface area contributed by atoms with Gasteiger partial charge >= 0.3 is 5.97 Å².